The molecule has 2 heteroatoms. The summed E-state index contributed by atoms with van der Waals surface area (Å²) < 4.78 is 5.70. The van der Waals surface area contributed by atoms with E-state index in [0.717, 1.165) is 25.5 Å². The number of rotatable bonds is 4. The molecule has 3 unspecified atom stereocenters. The molecule has 0 aromatic rings. The second kappa shape index (κ2) is 5.66. The van der Waals surface area contributed by atoms with Crippen molar-refractivity contribution in [3.8, 4) is 0 Å². The molecule has 0 spiro atoms. The fourth-order valence-corrected chi connectivity index (χ4v) is 2.66. The minimum Gasteiger partial charge on any atom is -0.378 e. The zero-order chi connectivity index (χ0) is 10.5. The highest BCUT2D eigenvalue weighted by atomic mass is 16.5. The van der Waals surface area contributed by atoms with Crippen LogP contribution in [0.5, 0.6) is 0 Å². The van der Waals surface area contributed by atoms with Crippen LogP contribution in [0.25, 0.3) is 0 Å². The lowest BCUT2D eigenvalue weighted by atomic mass is 9.97. The Balaban J connectivity index is 1.72. The SMILES string of the molecule is CCC1OCCC1CNC1C=CCCC1. The number of hydrogen-bond acceptors (Lipinski definition) is 2. The van der Waals surface area contributed by atoms with Crippen molar-refractivity contribution < 1.29 is 4.74 Å². The van der Waals surface area contributed by atoms with Gasteiger partial charge < -0.3 is 10.1 Å². The third kappa shape index (κ3) is 3.05. The van der Waals surface area contributed by atoms with E-state index in [2.05, 4.69) is 24.4 Å². The molecule has 0 amide bonds. The standard InChI is InChI=1S/C13H23NO/c1-2-13-11(8-9-15-13)10-14-12-6-4-3-5-7-12/h4,6,11-14H,2-3,5,7-10H2,1H3. The minimum absolute atomic E-state index is 0.505. The third-order valence-electron chi connectivity index (χ3n) is 3.65. The Morgan fingerprint density at radius 1 is 1.40 bits per heavy atom. The van der Waals surface area contributed by atoms with Crippen molar-refractivity contribution in [2.45, 2.75) is 51.2 Å². The molecule has 0 saturated carbocycles. The van der Waals surface area contributed by atoms with Gasteiger partial charge in [-0.3, -0.25) is 0 Å². The van der Waals surface area contributed by atoms with Gasteiger partial charge in [0.2, 0.25) is 0 Å². The summed E-state index contributed by atoms with van der Waals surface area (Å²) in [6.45, 7) is 4.32. The molecule has 15 heavy (non-hydrogen) atoms. The molecule has 0 bridgehead atoms. The van der Waals surface area contributed by atoms with Crippen LogP contribution >= 0.6 is 0 Å². The van der Waals surface area contributed by atoms with Crippen LogP contribution in [0.15, 0.2) is 12.2 Å². The Hall–Kier alpha value is -0.340. The van der Waals surface area contributed by atoms with Crippen LogP contribution in [0.2, 0.25) is 0 Å². The Bertz CT molecular complexity index is 215. The van der Waals surface area contributed by atoms with Gasteiger partial charge in [0.05, 0.1) is 6.10 Å². The molecule has 1 aliphatic carbocycles. The maximum absolute atomic E-state index is 5.70. The van der Waals surface area contributed by atoms with E-state index in [0.29, 0.717) is 12.1 Å². The first-order valence-corrected chi connectivity index (χ1v) is 6.41. The van der Waals surface area contributed by atoms with Gasteiger partial charge in [0.1, 0.15) is 0 Å². The molecular formula is C13H23NO. The molecule has 1 fully saturated rings. The fraction of sp³-hybridized carbons (Fsp3) is 0.846. The van der Waals surface area contributed by atoms with E-state index in [1.807, 2.05) is 0 Å². The number of nitrogens with one attached hydrogen (secondary N) is 1. The predicted molar refractivity (Wildman–Crippen MR) is 62.9 cm³/mol. The molecule has 1 saturated heterocycles. The van der Waals surface area contributed by atoms with Gasteiger partial charge >= 0.3 is 0 Å². The fourth-order valence-electron chi connectivity index (χ4n) is 2.66. The van der Waals surface area contributed by atoms with Crippen molar-refractivity contribution in [1.82, 2.24) is 5.32 Å². The Kier molecular flexibility index (Phi) is 4.21. The van der Waals surface area contributed by atoms with Crippen LogP contribution in [0, 0.1) is 5.92 Å². The summed E-state index contributed by atoms with van der Waals surface area (Å²) in [6.07, 6.45) is 11.5. The molecule has 2 rings (SSSR count). The van der Waals surface area contributed by atoms with Crippen molar-refractivity contribution in [1.29, 1.82) is 0 Å². The van der Waals surface area contributed by atoms with Crippen molar-refractivity contribution in [2.24, 2.45) is 5.92 Å². The Morgan fingerprint density at radius 2 is 2.33 bits per heavy atom. The number of ether oxygens (including phenoxy) is 1. The summed E-state index contributed by atoms with van der Waals surface area (Å²) in [6, 6.07) is 0.622. The van der Waals surface area contributed by atoms with E-state index < -0.39 is 0 Å². The normalized spacial score (nSPS) is 35.9. The van der Waals surface area contributed by atoms with Crippen molar-refractivity contribution >= 4 is 0 Å². The molecule has 0 aromatic heterocycles. The van der Waals surface area contributed by atoms with Gasteiger partial charge in [-0.1, -0.05) is 19.1 Å². The van der Waals surface area contributed by atoms with E-state index in [1.165, 1.54) is 25.7 Å². The van der Waals surface area contributed by atoms with Crippen molar-refractivity contribution in [3.05, 3.63) is 12.2 Å². The zero-order valence-corrected chi connectivity index (χ0v) is 9.74. The van der Waals surface area contributed by atoms with Crippen molar-refractivity contribution in [2.75, 3.05) is 13.2 Å². The van der Waals surface area contributed by atoms with Gasteiger partial charge in [0.15, 0.2) is 0 Å². The average Bonchev–Trinajstić information content (AvgIpc) is 2.75. The topological polar surface area (TPSA) is 21.3 Å². The molecule has 1 aliphatic heterocycles. The molecule has 0 radical (unpaired) electrons. The van der Waals surface area contributed by atoms with E-state index in [4.69, 9.17) is 4.74 Å². The largest absolute Gasteiger partial charge is 0.378 e. The lowest BCUT2D eigenvalue weighted by Gasteiger charge is -2.22. The van der Waals surface area contributed by atoms with Gasteiger partial charge in [-0.25, -0.2) is 0 Å². The lowest BCUT2D eigenvalue weighted by molar-refractivity contribution is 0.0868. The summed E-state index contributed by atoms with van der Waals surface area (Å²) >= 11 is 0. The highest BCUT2D eigenvalue weighted by Crippen LogP contribution is 2.23. The van der Waals surface area contributed by atoms with Gasteiger partial charge in [-0.05, 0) is 38.0 Å². The van der Waals surface area contributed by atoms with E-state index in [9.17, 15) is 0 Å². The molecule has 3 atom stereocenters. The van der Waals surface area contributed by atoms with E-state index in [1.54, 1.807) is 0 Å². The number of allylic oxidation sites excluding steroid dienone is 1. The highest BCUT2D eigenvalue weighted by molar-refractivity contribution is 4.97. The molecular weight excluding hydrogens is 186 g/mol. The van der Waals surface area contributed by atoms with E-state index >= 15 is 0 Å². The second-order valence-electron chi connectivity index (χ2n) is 4.74. The summed E-state index contributed by atoms with van der Waals surface area (Å²) in [4.78, 5) is 0. The van der Waals surface area contributed by atoms with Crippen LogP contribution in [-0.4, -0.2) is 25.3 Å². The predicted octanol–water partition coefficient (Wildman–Crippen LogP) is 2.50. The second-order valence-corrected chi connectivity index (χ2v) is 4.74. The first kappa shape index (κ1) is 11.2. The number of hydrogen-bond donors (Lipinski definition) is 1. The lowest BCUT2D eigenvalue weighted by Crippen LogP contribution is -2.35. The summed E-state index contributed by atoms with van der Waals surface area (Å²) in [7, 11) is 0. The van der Waals surface area contributed by atoms with Gasteiger partial charge in [-0.2, -0.15) is 0 Å². The van der Waals surface area contributed by atoms with Crippen molar-refractivity contribution in [3.63, 3.8) is 0 Å². The quantitative estimate of drug-likeness (QED) is 0.718. The smallest absolute Gasteiger partial charge is 0.0613 e. The molecule has 86 valence electrons. The first-order chi connectivity index (χ1) is 7.40. The monoisotopic (exact) mass is 209 g/mol. The summed E-state index contributed by atoms with van der Waals surface area (Å²) in [5.41, 5.74) is 0. The first-order valence-electron chi connectivity index (χ1n) is 6.41. The molecule has 2 nitrogen and oxygen atoms in total. The summed E-state index contributed by atoms with van der Waals surface area (Å²) in [5, 5.41) is 3.66. The molecule has 2 aliphatic rings. The molecule has 1 N–H and O–H groups in total. The maximum atomic E-state index is 5.70. The van der Waals surface area contributed by atoms with Crippen LogP contribution in [-0.2, 0) is 4.74 Å². The van der Waals surface area contributed by atoms with Crippen LogP contribution in [0.1, 0.15) is 39.0 Å². The van der Waals surface area contributed by atoms with Gasteiger partial charge in [-0.15, -0.1) is 0 Å². The van der Waals surface area contributed by atoms with Gasteiger partial charge in [0.25, 0.3) is 0 Å². The average molecular weight is 209 g/mol. The zero-order valence-electron chi connectivity index (χ0n) is 9.74. The molecule has 1 heterocycles. The minimum atomic E-state index is 0.505. The van der Waals surface area contributed by atoms with Crippen LogP contribution in [0.3, 0.4) is 0 Å². The van der Waals surface area contributed by atoms with Crippen LogP contribution in [0.4, 0.5) is 0 Å². The molecule has 0 aromatic carbocycles. The maximum Gasteiger partial charge on any atom is 0.0613 e. The van der Waals surface area contributed by atoms with E-state index in [-0.39, 0.29) is 0 Å². The third-order valence-corrected chi connectivity index (χ3v) is 3.65. The van der Waals surface area contributed by atoms with Gasteiger partial charge in [0, 0.05) is 19.2 Å². The summed E-state index contributed by atoms with van der Waals surface area (Å²) in [5.74, 6) is 0.741. The Labute approximate surface area is 93.1 Å². The Morgan fingerprint density at radius 3 is 3.07 bits per heavy atom. The van der Waals surface area contributed by atoms with Crippen LogP contribution < -0.4 is 5.32 Å². The highest BCUT2D eigenvalue weighted by Gasteiger charge is 2.26.